The van der Waals surface area contributed by atoms with Gasteiger partial charge >= 0.3 is 0 Å². The normalized spacial score (nSPS) is 23.5. The Bertz CT molecular complexity index is 423. The van der Waals surface area contributed by atoms with Gasteiger partial charge in [0.2, 0.25) is 5.78 Å². The number of Topliss-reactive ketones (excluding diaryl/α,β-unsaturated/α-hetero) is 1. The molecule has 0 aliphatic carbocycles. The SMILES string of the molecule is NC1(C(=O)c2ccccc2)C=CC=CN1. The molecule has 0 fully saturated rings. The van der Waals surface area contributed by atoms with E-state index < -0.39 is 5.66 Å². The molecule has 1 aromatic carbocycles. The zero-order valence-corrected chi connectivity index (χ0v) is 8.18. The summed E-state index contributed by atoms with van der Waals surface area (Å²) < 4.78 is 0. The van der Waals surface area contributed by atoms with E-state index in [-0.39, 0.29) is 5.78 Å². The first-order chi connectivity index (χ1) is 7.22. The lowest BCUT2D eigenvalue weighted by Gasteiger charge is -2.26. The lowest BCUT2D eigenvalue weighted by atomic mass is 9.97. The minimum absolute atomic E-state index is 0.135. The minimum Gasteiger partial charge on any atom is -0.364 e. The van der Waals surface area contributed by atoms with Crippen LogP contribution in [0.3, 0.4) is 0 Å². The summed E-state index contributed by atoms with van der Waals surface area (Å²) in [5, 5.41) is 2.85. The Morgan fingerprint density at radius 3 is 2.53 bits per heavy atom. The van der Waals surface area contributed by atoms with Gasteiger partial charge in [-0.2, -0.15) is 0 Å². The zero-order chi connectivity index (χ0) is 10.7. The summed E-state index contributed by atoms with van der Waals surface area (Å²) in [5.74, 6) is -0.135. The molecular weight excluding hydrogens is 188 g/mol. The Morgan fingerprint density at radius 2 is 1.93 bits per heavy atom. The Hall–Kier alpha value is -1.87. The van der Waals surface area contributed by atoms with E-state index in [4.69, 9.17) is 5.73 Å². The van der Waals surface area contributed by atoms with Crippen molar-refractivity contribution in [2.24, 2.45) is 5.73 Å². The number of hydrogen-bond acceptors (Lipinski definition) is 3. The Morgan fingerprint density at radius 1 is 1.20 bits per heavy atom. The summed E-state index contributed by atoms with van der Waals surface area (Å²) >= 11 is 0. The predicted octanol–water partition coefficient (Wildman–Crippen LogP) is 1.20. The second-order valence-electron chi connectivity index (χ2n) is 3.43. The molecule has 3 N–H and O–H groups in total. The largest absolute Gasteiger partial charge is 0.364 e. The van der Waals surface area contributed by atoms with Gasteiger partial charge in [-0.3, -0.25) is 10.5 Å². The molecule has 1 unspecified atom stereocenters. The Balaban J connectivity index is 2.29. The van der Waals surface area contributed by atoms with Gasteiger partial charge in [-0.25, -0.2) is 0 Å². The van der Waals surface area contributed by atoms with Crippen LogP contribution in [0.1, 0.15) is 10.4 Å². The van der Waals surface area contributed by atoms with Gasteiger partial charge in [0.1, 0.15) is 0 Å². The number of allylic oxidation sites excluding steroid dienone is 2. The average Bonchev–Trinajstić information content (AvgIpc) is 2.30. The molecule has 0 saturated carbocycles. The molecule has 1 atom stereocenters. The molecule has 1 aliphatic heterocycles. The number of dihydropyridines is 1. The predicted molar refractivity (Wildman–Crippen MR) is 59.1 cm³/mol. The van der Waals surface area contributed by atoms with Crippen molar-refractivity contribution in [3.63, 3.8) is 0 Å². The summed E-state index contributed by atoms with van der Waals surface area (Å²) in [7, 11) is 0. The monoisotopic (exact) mass is 200 g/mol. The molecule has 0 bridgehead atoms. The van der Waals surface area contributed by atoms with E-state index in [0.717, 1.165) is 0 Å². The molecule has 76 valence electrons. The minimum atomic E-state index is -1.11. The topological polar surface area (TPSA) is 55.1 Å². The van der Waals surface area contributed by atoms with E-state index in [2.05, 4.69) is 5.32 Å². The first kappa shape index (κ1) is 9.68. The van der Waals surface area contributed by atoms with Crippen molar-refractivity contribution in [3.05, 3.63) is 60.3 Å². The van der Waals surface area contributed by atoms with Crippen LogP contribution in [0.5, 0.6) is 0 Å². The highest BCUT2D eigenvalue weighted by atomic mass is 16.1. The number of rotatable bonds is 2. The average molecular weight is 200 g/mol. The number of carbonyl (C=O) groups is 1. The molecule has 1 aliphatic rings. The highest BCUT2D eigenvalue weighted by molar-refractivity contribution is 6.04. The third-order valence-electron chi connectivity index (χ3n) is 2.30. The van der Waals surface area contributed by atoms with Gasteiger partial charge < -0.3 is 5.32 Å². The standard InChI is InChI=1S/C12H12N2O/c13-12(8-4-5-9-14-12)11(15)10-6-2-1-3-7-10/h1-9,14H,13H2. The number of ketones is 1. The molecule has 1 heterocycles. The summed E-state index contributed by atoms with van der Waals surface area (Å²) in [4.78, 5) is 12.0. The fourth-order valence-corrected chi connectivity index (χ4v) is 1.47. The second-order valence-corrected chi connectivity index (χ2v) is 3.43. The molecule has 3 heteroatoms. The van der Waals surface area contributed by atoms with Gasteiger partial charge in [0.25, 0.3) is 0 Å². The van der Waals surface area contributed by atoms with Gasteiger partial charge in [0.15, 0.2) is 5.66 Å². The van der Waals surface area contributed by atoms with Crippen molar-refractivity contribution in [2.45, 2.75) is 5.66 Å². The number of carbonyl (C=O) groups excluding carboxylic acids is 1. The van der Waals surface area contributed by atoms with Gasteiger partial charge in [0, 0.05) is 5.56 Å². The second kappa shape index (κ2) is 3.71. The van der Waals surface area contributed by atoms with Crippen LogP contribution in [0.25, 0.3) is 0 Å². The molecule has 0 amide bonds. The maximum Gasteiger partial charge on any atom is 0.206 e. The van der Waals surface area contributed by atoms with E-state index in [1.54, 1.807) is 36.6 Å². The van der Waals surface area contributed by atoms with Crippen LogP contribution in [-0.4, -0.2) is 11.4 Å². The van der Waals surface area contributed by atoms with Crippen molar-refractivity contribution >= 4 is 5.78 Å². The van der Waals surface area contributed by atoms with E-state index in [9.17, 15) is 4.79 Å². The van der Waals surface area contributed by atoms with Crippen molar-refractivity contribution in [2.75, 3.05) is 0 Å². The van der Waals surface area contributed by atoms with Crippen LogP contribution in [0.2, 0.25) is 0 Å². The van der Waals surface area contributed by atoms with E-state index in [0.29, 0.717) is 5.56 Å². The maximum absolute atomic E-state index is 12.0. The smallest absolute Gasteiger partial charge is 0.206 e. The zero-order valence-electron chi connectivity index (χ0n) is 8.18. The Labute approximate surface area is 88.3 Å². The van der Waals surface area contributed by atoms with Crippen molar-refractivity contribution < 1.29 is 4.79 Å². The van der Waals surface area contributed by atoms with Crippen LogP contribution in [0, 0.1) is 0 Å². The molecular formula is C12H12N2O. The molecule has 0 radical (unpaired) electrons. The van der Waals surface area contributed by atoms with Crippen molar-refractivity contribution in [1.29, 1.82) is 0 Å². The van der Waals surface area contributed by atoms with Crippen LogP contribution in [0.4, 0.5) is 0 Å². The molecule has 2 rings (SSSR count). The number of benzene rings is 1. The molecule has 0 aromatic heterocycles. The van der Waals surface area contributed by atoms with Gasteiger partial charge in [-0.05, 0) is 18.4 Å². The number of nitrogens with two attached hydrogens (primary N) is 1. The Kier molecular flexibility index (Phi) is 2.39. The van der Waals surface area contributed by atoms with E-state index in [1.165, 1.54) is 0 Å². The summed E-state index contributed by atoms with van der Waals surface area (Å²) in [6.45, 7) is 0. The first-order valence-corrected chi connectivity index (χ1v) is 4.73. The van der Waals surface area contributed by atoms with Crippen molar-refractivity contribution in [1.82, 2.24) is 5.32 Å². The third kappa shape index (κ3) is 1.82. The summed E-state index contributed by atoms with van der Waals surface area (Å²) in [5.41, 5.74) is 5.43. The molecule has 0 spiro atoms. The first-order valence-electron chi connectivity index (χ1n) is 4.73. The van der Waals surface area contributed by atoms with Crippen LogP contribution >= 0.6 is 0 Å². The number of hydrogen-bond donors (Lipinski definition) is 2. The number of nitrogens with one attached hydrogen (secondary N) is 1. The van der Waals surface area contributed by atoms with E-state index >= 15 is 0 Å². The van der Waals surface area contributed by atoms with Crippen molar-refractivity contribution in [3.8, 4) is 0 Å². The van der Waals surface area contributed by atoms with Gasteiger partial charge in [-0.1, -0.05) is 36.4 Å². The lowest BCUT2D eigenvalue weighted by molar-refractivity contribution is 0.0905. The van der Waals surface area contributed by atoms with Gasteiger partial charge in [-0.15, -0.1) is 0 Å². The maximum atomic E-state index is 12.0. The molecule has 3 nitrogen and oxygen atoms in total. The molecule has 1 aromatic rings. The van der Waals surface area contributed by atoms with Crippen LogP contribution in [-0.2, 0) is 0 Å². The van der Waals surface area contributed by atoms with Crippen LogP contribution in [0.15, 0.2) is 54.8 Å². The highest BCUT2D eigenvalue weighted by Crippen LogP contribution is 2.12. The quantitative estimate of drug-likeness (QED) is 0.705. The fraction of sp³-hybridized carbons (Fsp3) is 0.0833. The van der Waals surface area contributed by atoms with Crippen LogP contribution < -0.4 is 11.1 Å². The van der Waals surface area contributed by atoms with E-state index in [1.807, 2.05) is 18.2 Å². The highest BCUT2D eigenvalue weighted by Gasteiger charge is 2.31. The third-order valence-corrected chi connectivity index (χ3v) is 2.30. The summed E-state index contributed by atoms with van der Waals surface area (Å²) in [6, 6.07) is 9.01. The molecule has 0 saturated heterocycles. The lowest BCUT2D eigenvalue weighted by Crippen LogP contribution is -2.56. The fourth-order valence-electron chi connectivity index (χ4n) is 1.47. The van der Waals surface area contributed by atoms with Gasteiger partial charge in [0.05, 0.1) is 0 Å². The molecule has 15 heavy (non-hydrogen) atoms. The summed E-state index contributed by atoms with van der Waals surface area (Å²) in [6.07, 6.45) is 6.88.